The van der Waals surface area contributed by atoms with Gasteiger partial charge in [0, 0.05) is 78.1 Å². The summed E-state index contributed by atoms with van der Waals surface area (Å²) in [5.41, 5.74) is 4.73. The van der Waals surface area contributed by atoms with E-state index in [9.17, 15) is 0 Å². The number of likely N-dealkylation sites (N-methyl/N-ethyl adjacent to an activating group) is 2. The maximum absolute atomic E-state index is 5.43. The van der Waals surface area contributed by atoms with Gasteiger partial charge in [-0.25, -0.2) is 4.99 Å². The molecule has 1 N–H and O–H groups in total. The van der Waals surface area contributed by atoms with Gasteiger partial charge in [-0.3, -0.25) is 9.89 Å². The first-order chi connectivity index (χ1) is 19.8. The topological polar surface area (TPSA) is 68.2 Å². The van der Waals surface area contributed by atoms with Crippen LogP contribution in [0.3, 0.4) is 0 Å². The highest BCUT2D eigenvalue weighted by molar-refractivity contribution is 5.99. The maximum Gasteiger partial charge on any atom is 0.201 e. The molecule has 5 rings (SSSR count). The van der Waals surface area contributed by atoms with Crippen LogP contribution in [0.15, 0.2) is 58.5 Å². The second-order valence-corrected chi connectivity index (χ2v) is 11.8. The molecule has 3 aliphatic heterocycles. The van der Waals surface area contributed by atoms with Gasteiger partial charge in [-0.1, -0.05) is 51.1 Å². The van der Waals surface area contributed by atoms with E-state index in [2.05, 4.69) is 113 Å². The van der Waals surface area contributed by atoms with Crippen LogP contribution < -0.4 is 10.2 Å². The summed E-state index contributed by atoms with van der Waals surface area (Å²) < 4.78 is 10.9. The standard InChI is InChI=1S/C17H27N3O.C15H22N4O/c1-17(2,3)16(18-4)19-15-8-6-5-7-14(15)13-20-9-11-21-12-10-20;1-17-7-8-18(2)15(17)16-13-5-3-4-6-14(13)19-9-11-20-12-10-19/h5-8H,9-13H2,1-4H3,(H,18,19);3-6H,7-12H2,1-2H3. The lowest BCUT2D eigenvalue weighted by Gasteiger charge is -2.30. The van der Waals surface area contributed by atoms with Crippen molar-refractivity contribution in [3.63, 3.8) is 0 Å². The number of aliphatic imine (C=N–C) groups is 2. The number of guanidine groups is 1. The molecule has 0 bridgehead atoms. The molecule has 2 aromatic rings. The molecule has 0 radical (unpaired) electrons. The third-order valence-corrected chi connectivity index (χ3v) is 7.61. The van der Waals surface area contributed by atoms with Crippen molar-refractivity contribution in [2.24, 2.45) is 15.4 Å². The first-order valence-corrected chi connectivity index (χ1v) is 14.8. The molecule has 0 aliphatic carbocycles. The lowest BCUT2D eigenvalue weighted by molar-refractivity contribution is 0.0343. The Balaban J connectivity index is 0.000000189. The van der Waals surface area contributed by atoms with Crippen LogP contribution in [0.5, 0.6) is 0 Å². The summed E-state index contributed by atoms with van der Waals surface area (Å²) in [4.78, 5) is 18.5. The van der Waals surface area contributed by atoms with E-state index in [1.807, 2.05) is 7.05 Å². The maximum atomic E-state index is 5.43. The first-order valence-electron chi connectivity index (χ1n) is 14.8. The van der Waals surface area contributed by atoms with Crippen LogP contribution in [-0.4, -0.2) is 113 Å². The number of benzene rings is 2. The Kier molecular flexibility index (Phi) is 11.0. The van der Waals surface area contributed by atoms with Gasteiger partial charge in [-0.05, 0) is 23.8 Å². The zero-order valence-electron chi connectivity index (χ0n) is 25.9. The molecule has 3 aliphatic rings. The van der Waals surface area contributed by atoms with Gasteiger partial charge in [0.25, 0.3) is 0 Å². The summed E-state index contributed by atoms with van der Waals surface area (Å²) in [5, 5.41) is 3.52. The Morgan fingerprint density at radius 3 is 2.02 bits per heavy atom. The molecule has 9 nitrogen and oxygen atoms in total. The largest absolute Gasteiger partial charge is 0.379 e. The average Bonchev–Trinajstić information content (AvgIpc) is 3.30. The van der Waals surface area contributed by atoms with E-state index >= 15 is 0 Å². The van der Waals surface area contributed by atoms with Crippen molar-refractivity contribution in [1.29, 1.82) is 0 Å². The van der Waals surface area contributed by atoms with Gasteiger partial charge in [0.1, 0.15) is 5.84 Å². The minimum Gasteiger partial charge on any atom is -0.379 e. The van der Waals surface area contributed by atoms with E-state index in [-0.39, 0.29) is 5.41 Å². The van der Waals surface area contributed by atoms with Crippen LogP contribution in [-0.2, 0) is 16.0 Å². The predicted octanol–water partition coefficient (Wildman–Crippen LogP) is 4.39. The highest BCUT2D eigenvalue weighted by Gasteiger charge is 2.22. The molecular weight excluding hydrogens is 514 g/mol. The average molecular weight is 564 g/mol. The Bertz CT molecular complexity index is 1150. The fourth-order valence-corrected chi connectivity index (χ4v) is 5.19. The number of nitrogens with zero attached hydrogens (tertiary/aromatic N) is 6. The molecular formula is C32H49N7O2. The number of para-hydroxylation sites is 3. The molecule has 3 heterocycles. The number of hydrogen-bond acceptors (Lipinski definition) is 6. The minimum absolute atomic E-state index is 0.0147. The van der Waals surface area contributed by atoms with E-state index in [0.717, 1.165) is 95.4 Å². The van der Waals surface area contributed by atoms with Crippen LogP contribution >= 0.6 is 0 Å². The quantitative estimate of drug-likeness (QED) is 0.428. The molecule has 0 unspecified atom stereocenters. The van der Waals surface area contributed by atoms with E-state index in [4.69, 9.17) is 14.5 Å². The van der Waals surface area contributed by atoms with Crippen LogP contribution in [0.4, 0.5) is 17.1 Å². The van der Waals surface area contributed by atoms with Crippen molar-refractivity contribution in [1.82, 2.24) is 14.7 Å². The smallest absolute Gasteiger partial charge is 0.201 e. The van der Waals surface area contributed by atoms with Crippen molar-refractivity contribution in [2.45, 2.75) is 27.3 Å². The molecule has 224 valence electrons. The van der Waals surface area contributed by atoms with E-state index in [1.165, 1.54) is 11.3 Å². The number of anilines is 2. The summed E-state index contributed by atoms with van der Waals surface area (Å²) in [6.07, 6.45) is 0. The normalized spacial score (nSPS) is 18.7. The number of amidine groups is 1. The number of nitrogens with one attached hydrogen (secondary N) is 1. The van der Waals surface area contributed by atoms with Gasteiger partial charge in [0.15, 0.2) is 0 Å². The second-order valence-electron chi connectivity index (χ2n) is 11.8. The van der Waals surface area contributed by atoms with Crippen molar-refractivity contribution < 1.29 is 9.47 Å². The van der Waals surface area contributed by atoms with Crippen molar-refractivity contribution in [3.05, 3.63) is 54.1 Å². The van der Waals surface area contributed by atoms with Crippen LogP contribution in [0.25, 0.3) is 0 Å². The van der Waals surface area contributed by atoms with Crippen LogP contribution in [0.1, 0.15) is 26.3 Å². The zero-order chi connectivity index (χ0) is 29.2. The van der Waals surface area contributed by atoms with Crippen molar-refractivity contribution in [2.75, 3.05) is 97.1 Å². The van der Waals surface area contributed by atoms with Gasteiger partial charge in [0.05, 0.1) is 37.8 Å². The molecule has 3 fully saturated rings. The van der Waals surface area contributed by atoms with Gasteiger partial charge in [-0.2, -0.15) is 0 Å². The summed E-state index contributed by atoms with van der Waals surface area (Å²) in [6.45, 7) is 16.7. The molecule has 0 aromatic heterocycles. The van der Waals surface area contributed by atoms with Gasteiger partial charge >= 0.3 is 0 Å². The fourth-order valence-electron chi connectivity index (χ4n) is 5.19. The lowest BCUT2D eigenvalue weighted by atomic mass is 9.94. The molecule has 3 saturated heterocycles. The van der Waals surface area contributed by atoms with Crippen molar-refractivity contribution >= 4 is 28.9 Å². The third kappa shape index (κ3) is 8.67. The summed E-state index contributed by atoms with van der Waals surface area (Å²) in [5.74, 6) is 2.06. The zero-order valence-corrected chi connectivity index (χ0v) is 25.9. The Labute approximate surface area is 246 Å². The molecule has 2 aromatic carbocycles. The van der Waals surface area contributed by atoms with Crippen LogP contribution in [0, 0.1) is 5.41 Å². The fraction of sp³-hybridized carbons (Fsp3) is 0.562. The minimum atomic E-state index is 0.0147. The molecule has 9 heteroatoms. The molecule has 0 saturated carbocycles. The first kappa shape index (κ1) is 30.8. The second kappa shape index (κ2) is 14.7. The van der Waals surface area contributed by atoms with Gasteiger partial charge < -0.3 is 29.5 Å². The number of ether oxygens (including phenoxy) is 2. The Hall–Kier alpha value is -3.14. The van der Waals surface area contributed by atoms with E-state index in [0.29, 0.717) is 0 Å². The lowest BCUT2D eigenvalue weighted by Crippen LogP contribution is -2.36. The number of rotatable bonds is 5. The Morgan fingerprint density at radius 2 is 1.39 bits per heavy atom. The van der Waals surface area contributed by atoms with Gasteiger partial charge in [0.2, 0.25) is 5.96 Å². The van der Waals surface area contributed by atoms with Gasteiger partial charge in [-0.15, -0.1) is 0 Å². The monoisotopic (exact) mass is 563 g/mol. The highest BCUT2D eigenvalue weighted by atomic mass is 16.5. The number of hydrogen-bond donors (Lipinski definition) is 1. The number of morpholine rings is 2. The predicted molar refractivity (Wildman–Crippen MR) is 171 cm³/mol. The summed E-state index contributed by atoms with van der Waals surface area (Å²) in [6, 6.07) is 16.9. The Morgan fingerprint density at radius 1 is 0.805 bits per heavy atom. The SMILES string of the molecule is CN1CCN(C)C1=Nc1ccccc1N1CCOCC1.CN=C(Nc1ccccc1CN1CCOCC1)C(C)(C)C. The molecule has 41 heavy (non-hydrogen) atoms. The highest BCUT2D eigenvalue weighted by Crippen LogP contribution is 2.30. The molecule has 0 amide bonds. The third-order valence-electron chi connectivity index (χ3n) is 7.61. The molecule has 0 spiro atoms. The van der Waals surface area contributed by atoms with Crippen molar-refractivity contribution in [3.8, 4) is 0 Å². The molecule has 0 atom stereocenters. The van der Waals surface area contributed by atoms with E-state index in [1.54, 1.807) is 0 Å². The summed E-state index contributed by atoms with van der Waals surface area (Å²) >= 11 is 0. The van der Waals surface area contributed by atoms with E-state index < -0.39 is 0 Å². The van der Waals surface area contributed by atoms with Crippen LogP contribution in [0.2, 0.25) is 0 Å². The summed E-state index contributed by atoms with van der Waals surface area (Å²) in [7, 11) is 6.04.